The maximum Gasteiger partial charge on any atom is 0.310 e. The number of rotatable bonds is 8. The summed E-state index contributed by atoms with van der Waals surface area (Å²) >= 11 is 0. The molecule has 39 heavy (non-hydrogen) atoms. The Kier molecular flexibility index (Phi) is 9.11. The minimum Gasteiger partial charge on any atom is -0.492 e. The summed E-state index contributed by atoms with van der Waals surface area (Å²) in [6.07, 6.45) is 0.0979. The molecule has 4 aromatic rings. The van der Waals surface area contributed by atoms with E-state index in [0.29, 0.717) is 5.56 Å². The molecule has 0 saturated heterocycles. The van der Waals surface area contributed by atoms with Gasteiger partial charge < -0.3 is 9.47 Å². The van der Waals surface area contributed by atoms with Gasteiger partial charge in [0.2, 0.25) is 0 Å². The SMILES string of the molecule is Cc1cc([S+](c2ccccc2)c2ccccc2)cc(C)c1OCCC(=O)OC(C)(C)C#Cc1ccc(F)cc1. The molecule has 3 nitrogen and oxygen atoms in total. The van der Waals surface area contributed by atoms with Crippen LogP contribution in [0.25, 0.3) is 0 Å². The predicted molar refractivity (Wildman–Crippen MR) is 155 cm³/mol. The number of benzene rings is 4. The standard InChI is InChI=1S/C34H32FO3S/c1-25-23-31(39(29-11-7-5-8-12-29)30-13-9-6-10-14-30)24-26(2)33(25)37-22-20-32(36)38-34(3,4)21-19-27-15-17-28(35)18-16-27/h5-18,23-24H,20,22H2,1-4H3/q+1. The fourth-order valence-corrected chi connectivity index (χ4v) is 6.40. The first kappa shape index (κ1) is 28.0. The number of hydrogen-bond donors (Lipinski definition) is 0. The van der Waals surface area contributed by atoms with E-state index in [1.54, 1.807) is 26.0 Å². The molecule has 0 aliphatic carbocycles. The molecular formula is C34H32FO3S+. The van der Waals surface area contributed by atoms with E-state index >= 15 is 0 Å². The van der Waals surface area contributed by atoms with E-state index in [4.69, 9.17) is 9.47 Å². The smallest absolute Gasteiger partial charge is 0.310 e. The third kappa shape index (κ3) is 7.75. The molecular weight excluding hydrogens is 507 g/mol. The summed E-state index contributed by atoms with van der Waals surface area (Å²) in [4.78, 5) is 16.2. The highest BCUT2D eigenvalue weighted by Gasteiger charge is 2.29. The normalized spacial score (nSPS) is 11.0. The van der Waals surface area contributed by atoms with Crippen LogP contribution in [0, 0.1) is 31.5 Å². The van der Waals surface area contributed by atoms with Crippen LogP contribution < -0.4 is 4.74 Å². The monoisotopic (exact) mass is 539 g/mol. The summed E-state index contributed by atoms with van der Waals surface area (Å²) in [6.45, 7) is 7.73. The number of esters is 1. The van der Waals surface area contributed by atoms with Gasteiger partial charge in [0.05, 0.1) is 23.9 Å². The molecule has 0 saturated carbocycles. The molecule has 0 amide bonds. The number of hydrogen-bond acceptors (Lipinski definition) is 3. The number of carbonyl (C=O) groups is 1. The zero-order chi connectivity index (χ0) is 27.8. The second-order valence-electron chi connectivity index (χ2n) is 9.66. The van der Waals surface area contributed by atoms with Crippen LogP contribution in [0.4, 0.5) is 4.39 Å². The summed E-state index contributed by atoms with van der Waals surface area (Å²) in [5.41, 5.74) is 1.71. The summed E-state index contributed by atoms with van der Waals surface area (Å²) in [6, 6.07) is 31.3. The quantitative estimate of drug-likeness (QED) is 0.131. The van der Waals surface area contributed by atoms with Crippen molar-refractivity contribution in [2.45, 2.75) is 54.4 Å². The highest BCUT2D eigenvalue weighted by Crippen LogP contribution is 2.35. The zero-order valence-electron chi connectivity index (χ0n) is 22.7. The van der Waals surface area contributed by atoms with E-state index in [2.05, 4.69) is 72.5 Å². The molecule has 4 rings (SSSR count). The molecule has 0 fully saturated rings. The lowest BCUT2D eigenvalue weighted by molar-refractivity contribution is -0.152. The van der Waals surface area contributed by atoms with Crippen molar-refractivity contribution in [3.8, 4) is 17.6 Å². The lowest BCUT2D eigenvalue weighted by Crippen LogP contribution is -2.27. The summed E-state index contributed by atoms with van der Waals surface area (Å²) in [5, 5.41) is 0. The van der Waals surface area contributed by atoms with E-state index in [0.717, 1.165) is 16.9 Å². The molecule has 0 heterocycles. The maximum absolute atomic E-state index is 13.1. The Morgan fingerprint density at radius 3 is 1.90 bits per heavy atom. The molecule has 0 aromatic heterocycles. The van der Waals surface area contributed by atoms with E-state index in [-0.39, 0.29) is 29.7 Å². The van der Waals surface area contributed by atoms with Crippen LogP contribution in [0.2, 0.25) is 0 Å². The van der Waals surface area contributed by atoms with E-state index in [1.807, 2.05) is 26.0 Å². The fraction of sp³-hybridized carbons (Fsp3) is 0.206. The van der Waals surface area contributed by atoms with Crippen LogP contribution >= 0.6 is 0 Å². The second kappa shape index (κ2) is 12.7. The number of carbonyl (C=O) groups excluding carboxylic acids is 1. The van der Waals surface area contributed by atoms with Gasteiger partial charge in [-0.05, 0) is 87.4 Å². The Labute approximate surface area is 233 Å². The zero-order valence-corrected chi connectivity index (χ0v) is 23.5. The van der Waals surface area contributed by atoms with Crippen LogP contribution in [0.1, 0.15) is 37.0 Å². The molecule has 0 spiro atoms. The van der Waals surface area contributed by atoms with Crippen LogP contribution in [-0.2, 0) is 20.4 Å². The van der Waals surface area contributed by atoms with E-state index < -0.39 is 11.6 Å². The van der Waals surface area contributed by atoms with Crippen molar-refractivity contribution in [2.24, 2.45) is 0 Å². The molecule has 0 atom stereocenters. The molecule has 198 valence electrons. The van der Waals surface area contributed by atoms with Crippen molar-refractivity contribution in [2.75, 3.05) is 6.61 Å². The Bertz CT molecular complexity index is 1410. The lowest BCUT2D eigenvalue weighted by Gasteiger charge is -2.19. The van der Waals surface area contributed by atoms with Gasteiger partial charge in [-0.15, -0.1) is 0 Å². The average molecular weight is 540 g/mol. The molecule has 0 aliphatic heterocycles. The van der Waals surface area contributed by atoms with Crippen molar-refractivity contribution >= 4 is 16.9 Å². The molecule has 0 bridgehead atoms. The molecule has 0 N–H and O–H groups in total. The van der Waals surface area contributed by atoms with Crippen molar-refractivity contribution in [3.63, 3.8) is 0 Å². The third-order valence-corrected chi connectivity index (χ3v) is 8.10. The Morgan fingerprint density at radius 1 is 0.821 bits per heavy atom. The van der Waals surface area contributed by atoms with E-state index in [1.165, 1.54) is 26.8 Å². The minimum atomic E-state index is -0.982. The first-order chi connectivity index (χ1) is 18.7. The van der Waals surface area contributed by atoms with Crippen LogP contribution in [-0.4, -0.2) is 18.2 Å². The van der Waals surface area contributed by atoms with Crippen molar-refractivity contribution in [3.05, 3.63) is 120 Å². The van der Waals surface area contributed by atoms with Gasteiger partial charge in [-0.3, -0.25) is 4.79 Å². The van der Waals surface area contributed by atoms with Crippen LogP contribution in [0.15, 0.2) is 112 Å². The van der Waals surface area contributed by atoms with Gasteiger partial charge >= 0.3 is 5.97 Å². The van der Waals surface area contributed by atoms with Gasteiger partial charge in [0.1, 0.15) is 11.6 Å². The number of ether oxygens (including phenoxy) is 2. The largest absolute Gasteiger partial charge is 0.492 e. The third-order valence-electron chi connectivity index (χ3n) is 5.90. The Hall–Kier alpha value is -4.01. The number of halogens is 1. The lowest BCUT2D eigenvalue weighted by atomic mass is 10.1. The summed E-state index contributed by atoms with van der Waals surface area (Å²) in [7, 11) is -0.246. The molecule has 5 heteroatoms. The molecule has 0 aliphatic rings. The summed E-state index contributed by atoms with van der Waals surface area (Å²) in [5.74, 6) is 5.94. The van der Waals surface area contributed by atoms with Gasteiger partial charge in [0.25, 0.3) is 0 Å². The van der Waals surface area contributed by atoms with Crippen molar-refractivity contribution in [1.82, 2.24) is 0 Å². The van der Waals surface area contributed by atoms with Gasteiger partial charge in [-0.25, -0.2) is 4.39 Å². The maximum atomic E-state index is 13.1. The first-order valence-electron chi connectivity index (χ1n) is 12.8. The van der Waals surface area contributed by atoms with Gasteiger partial charge in [0, 0.05) is 17.7 Å². The highest BCUT2D eigenvalue weighted by molar-refractivity contribution is 7.97. The van der Waals surface area contributed by atoms with Gasteiger partial charge in [-0.1, -0.05) is 48.2 Å². The topological polar surface area (TPSA) is 35.5 Å². The molecule has 0 unspecified atom stereocenters. The molecule has 0 radical (unpaired) electrons. The Balaban J connectivity index is 1.42. The van der Waals surface area contributed by atoms with Crippen LogP contribution in [0.5, 0.6) is 5.75 Å². The molecule has 4 aromatic carbocycles. The van der Waals surface area contributed by atoms with Gasteiger partial charge in [0.15, 0.2) is 20.3 Å². The fourth-order valence-electron chi connectivity index (χ4n) is 4.13. The average Bonchev–Trinajstić information content (AvgIpc) is 2.91. The van der Waals surface area contributed by atoms with E-state index in [9.17, 15) is 9.18 Å². The van der Waals surface area contributed by atoms with Crippen LogP contribution in [0.3, 0.4) is 0 Å². The minimum absolute atomic E-state index is 0.0979. The highest BCUT2D eigenvalue weighted by atomic mass is 32.2. The van der Waals surface area contributed by atoms with Crippen molar-refractivity contribution in [1.29, 1.82) is 0 Å². The second-order valence-corrected chi connectivity index (χ2v) is 11.7. The predicted octanol–water partition coefficient (Wildman–Crippen LogP) is 7.68. The van der Waals surface area contributed by atoms with Crippen molar-refractivity contribution < 1.29 is 18.7 Å². The first-order valence-corrected chi connectivity index (χ1v) is 14.0. The Morgan fingerprint density at radius 2 is 1.36 bits per heavy atom. The summed E-state index contributed by atoms with van der Waals surface area (Å²) < 4.78 is 24.7. The number of aryl methyl sites for hydroxylation is 2. The van der Waals surface area contributed by atoms with Gasteiger partial charge in [-0.2, -0.15) is 0 Å².